The minimum atomic E-state index is -0.407. The summed E-state index contributed by atoms with van der Waals surface area (Å²) in [6.07, 6.45) is 0.872. The van der Waals surface area contributed by atoms with Crippen molar-refractivity contribution in [1.29, 1.82) is 0 Å². The van der Waals surface area contributed by atoms with E-state index in [-0.39, 0.29) is 0 Å². The van der Waals surface area contributed by atoms with Crippen molar-refractivity contribution in [3.8, 4) is 22.0 Å². The third-order valence-electron chi connectivity index (χ3n) is 4.89. The summed E-state index contributed by atoms with van der Waals surface area (Å²) in [7, 11) is 0. The molecule has 0 aliphatic heterocycles. The summed E-state index contributed by atoms with van der Waals surface area (Å²) in [5.41, 5.74) is 11.2. The predicted molar refractivity (Wildman–Crippen MR) is 114 cm³/mol. The lowest BCUT2D eigenvalue weighted by atomic mass is 10.1. The van der Waals surface area contributed by atoms with Gasteiger partial charge in [-0.05, 0) is 25.0 Å². The predicted octanol–water partition coefficient (Wildman–Crippen LogP) is 4.93. The Morgan fingerprint density at radius 1 is 1.07 bits per heavy atom. The van der Waals surface area contributed by atoms with Gasteiger partial charge in [0, 0.05) is 23.2 Å². The summed E-state index contributed by atoms with van der Waals surface area (Å²) >= 11 is 1.60. The summed E-state index contributed by atoms with van der Waals surface area (Å²) in [6.45, 7) is 2.70. The van der Waals surface area contributed by atoms with Gasteiger partial charge < -0.3 is 10.3 Å². The standard InChI is InChI=1S/C23H21N3OS/c1-16-19(22(24)27)14-21(26(16)13-12-17-8-4-2-5-9-17)20-15-28-23(25-20)18-10-6-3-7-11-18/h2-11,14-15H,12-13H2,1H3,(H2,24,27). The van der Waals surface area contributed by atoms with Gasteiger partial charge in [-0.25, -0.2) is 4.98 Å². The van der Waals surface area contributed by atoms with Crippen molar-refractivity contribution in [2.24, 2.45) is 5.73 Å². The number of nitrogens with zero attached hydrogens (tertiary/aromatic N) is 2. The molecule has 140 valence electrons. The Labute approximate surface area is 168 Å². The summed E-state index contributed by atoms with van der Waals surface area (Å²) in [5, 5.41) is 3.01. The van der Waals surface area contributed by atoms with Crippen LogP contribution in [0.5, 0.6) is 0 Å². The first-order valence-electron chi connectivity index (χ1n) is 9.18. The van der Waals surface area contributed by atoms with E-state index in [9.17, 15) is 4.79 Å². The van der Waals surface area contributed by atoms with E-state index in [1.54, 1.807) is 11.3 Å². The van der Waals surface area contributed by atoms with E-state index in [4.69, 9.17) is 10.7 Å². The highest BCUT2D eigenvalue weighted by Gasteiger charge is 2.18. The van der Waals surface area contributed by atoms with Gasteiger partial charge in [0.25, 0.3) is 5.91 Å². The third-order valence-corrected chi connectivity index (χ3v) is 5.78. The molecule has 0 atom stereocenters. The smallest absolute Gasteiger partial charge is 0.250 e. The Morgan fingerprint density at radius 2 is 1.75 bits per heavy atom. The second kappa shape index (κ2) is 7.82. The molecule has 0 saturated heterocycles. The molecule has 4 nitrogen and oxygen atoms in total. The lowest BCUT2D eigenvalue weighted by Gasteiger charge is -2.11. The fourth-order valence-electron chi connectivity index (χ4n) is 3.39. The molecule has 5 heteroatoms. The number of aryl methyl sites for hydroxylation is 1. The molecule has 0 aliphatic carbocycles. The van der Waals surface area contributed by atoms with Crippen LogP contribution in [0.4, 0.5) is 0 Å². The van der Waals surface area contributed by atoms with Crippen molar-refractivity contribution in [2.75, 3.05) is 0 Å². The minimum absolute atomic E-state index is 0.407. The second-order valence-corrected chi connectivity index (χ2v) is 7.54. The first-order valence-corrected chi connectivity index (χ1v) is 10.1. The highest BCUT2D eigenvalue weighted by molar-refractivity contribution is 7.13. The maximum atomic E-state index is 11.9. The van der Waals surface area contributed by atoms with Crippen molar-refractivity contribution < 1.29 is 4.79 Å². The van der Waals surface area contributed by atoms with Gasteiger partial charge in [0.15, 0.2) is 0 Å². The number of aromatic nitrogens is 2. The number of carbonyl (C=O) groups excluding carboxylic acids is 1. The molecule has 1 amide bonds. The number of primary amides is 1. The number of hydrogen-bond acceptors (Lipinski definition) is 3. The van der Waals surface area contributed by atoms with Crippen molar-refractivity contribution in [2.45, 2.75) is 19.9 Å². The van der Waals surface area contributed by atoms with Crippen LogP contribution in [0, 0.1) is 6.92 Å². The van der Waals surface area contributed by atoms with Gasteiger partial charge in [-0.15, -0.1) is 11.3 Å². The molecule has 28 heavy (non-hydrogen) atoms. The van der Waals surface area contributed by atoms with Gasteiger partial charge in [0.2, 0.25) is 0 Å². The largest absolute Gasteiger partial charge is 0.366 e. The molecule has 4 rings (SSSR count). The van der Waals surface area contributed by atoms with Crippen LogP contribution in [-0.4, -0.2) is 15.5 Å². The highest BCUT2D eigenvalue weighted by Crippen LogP contribution is 2.31. The molecule has 0 unspecified atom stereocenters. The van der Waals surface area contributed by atoms with E-state index in [1.807, 2.05) is 54.8 Å². The van der Waals surface area contributed by atoms with E-state index in [0.717, 1.165) is 40.6 Å². The van der Waals surface area contributed by atoms with E-state index >= 15 is 0 Å². The average molecular weight is 388 g/mol. The summed E-state index contributed by atoms with van der Waals surface area (Å²) in [6, 6.07) is 22.3. The maximum absolute atomic E-state index is 11.9. The van der Waals surface area contributed by atoms with Gasteiger partial charge >= 0.3 is 0 Å². The lowest BCUT2D eigenvalue weighted by Crippen LogP contribution is -2.13. The molecule has 0 aliphatic rings. The quantitative estimate of drug-likeness (QED) is 0.510. The number of carbonyl (C=O) groups is 1. The van der Waals surface area contributed by atoms with Crippen LogP contribution < -0.4 is 5.73 Å². The third kappa shape index (κ3) is 3.62. The van der Waals surface area contributed by atoms with Crippen molar-refractivity contribution >= 4 is 17.2 Å². The fraction of sp³-hybridized carbons (Fsp3) is 0.130. The van der Waals surface area contributed by atoms with Gasteiger partial charge in [0.1, 0.15) is 5.01 Å². The second-order valence-electron chi connectivity index (χ2n) is 6.68. The van der Waals surface area contributed by atoms with Gasteiger partial charge in [-0.2, -0.15) is 0 Å². The lowest BCUT2D eigenvalue weighted by molar-refractivity contribution is 0.0999. The normalized spacial score (nSPS) is 10.9. The molecular weight excluding hydrogens is 366 g/mol. The number of rotatable bonds is 6. The fourth-order valence-corrected chi connectivity index (χ4v) is 4.21. The molecule has 0 fully saturated rings. The van der Waals surface area contributed by atoms with E-state index < -0.39 is 5.91 Å². The van der Waals surface area contributed by atoms with Crippen LogP contribution in [0.3, 0.4) is 0 Å². The SMILES string of the molecule is Cc1c(C(N)=O)cc(-c2csc(-c3ccccc3)n2)n1CCc1ccccc1. The molecule has 0 radical (unpaired) electrons. The Kier molecular flexibility index (Phi) is 5.08. The van der Waals surface area contributed by atoms with E-state index in [2.05, 4.69) is 28.8 Å². The van der Waals surface area contributed by atoms with Gasteiger partial charge in [-0.3, -0.25) is 4.79 Å². The molecule has 0 spiro atoms. The van der Waals surface area contributed by atoms with Crippen molar-refractivity contribution in [3.63, 3.8) is 0 Å². The molecular formula is C23H21N3OS. The van der Waals surface area contributed by atoms with Crippen LogP contribution in [0.2, 0.25) is 0 Å². The Hall–Kier alpha value is -3.18. The Balaban J connectivity index is 1.71. The monoisotopic (exact) mass is 387 g/mol. The number of nitrogens with two attached hydrogens (primary N) is 1. The van der Waals surface area contributed by atoms with Crippen molar-refractivity contribution in [1.82, 2.24) is 9.55 Å². The summed E-state index contributed by atoms with van der Waals surface area (Å²) in [4.78, 5) is 16.7. The van der Waals surface area contributed by atoms with E-state index in [0.29, 0.717) is 5.56 Å². The van der Waals surface area contributed by atoms with Crippen LogP contribution in [-0.2, 0) is 13.0 Å². The maximum Gasteiger partial charge on any atom is 0.250 e. The first-order chi connectivity index (χ1) is 13.6. The number of hydrogen-bond donors (Lipinski definition) is 1. The summed E-state index contributed by atoms with van der Waals surface area (Å²) in [5.74, 6) is -0.407. The summed E-state index contributed by atoms with van der Waals surface area (Å²) < 4.78 is 2.15. The first kappa shape index (κ1) is 18.2. The number of benzene rings is 2. The molecule has 2 aromatic heterocycles. The molecule has 2 heterocycles. The van der Waals surface area contributed by atoms with Crippen LogP contribution in [0.1, 0.15) is 21.6 Å². The highest BCUT2D eigenvalue weighted by atomic mass is 32.1. The molecule has 0 bridgehead atoms. The van der Waals surface area contributed by atoms with Gasteiger partial charge in [-0.1, -0.05) is 60.7 Å². The Morgan fingerprint density at radius 3 is 2.43 bits per heavy atom. The molecule has 4 aromatic rings. The van der Waals surface area contributed by atoms with Crippen LogP contribution in [0.25, 0.3) is 22.0 Å². The number of thiazole rings is 1. The van der Waals surface area contributed by atoms with Crippen LogP contribution >= 0.6 is 11.3 Å². The zero-order valence-corrected chi connectivity index (χ0v) is 16.4. The van der Waals surface area contributed by atoms with Crippen molar-refractivity contribution in [3.05, 3.63) is 88.9 Å². The molecule has 2 N–H and O–H groups in total. The number of amides is 1. The molecule has 0 saturated carbocycles. The molecule has 2 aromatic carbocycles. The zero-order chi connectivity index (χ0) is 19.5. The topological polar surface area (TPSA) is 60.9 Å². The Bertz CT molecular complexity index is 1100. The van der Waals surface area contributed by atoms with Crippen LogP contribution in [0.15, 0.2) is 72.1 Å². The zero-order valence-electron chi connectivity index (χ0n) is 15.6. The minimum Gasteiger partial charge on any atom is -0.366 e. The van der Waals surface area contributed by atoms with Gasteiger partial charge in [0.05, 0.1) is 17.0 Å². The average Bonchev–Trinajstić information content (AvgIpc) is 3.33. The van der Waals surface area contributed by atoms with E-state index in [1.165, 1.54) is 5.56 Å².